The molecular formula is C24H31N5O4. The van der Waals surface area contributed by atoms with Crippen molar-refractivity contribution in [2.24, 2.45) is 11.5 Å². The van der Waals surface area contributed by atoms with Crippen LogP contribution in [0.4, 0.5) is 0 Å². The number of ketones is 1. The summed E-state index contributed by atoms with van der Waals surface area (Å²) in [6, 6.07) is 17.5. The molecule has 0 radical (unpaired) electrons. The number of nitrogens with zero attached hydrogens (tertiary/aromatic N) is 1. The Balaban J connectivity index is 2.03. The fraction of sp³-hybridized carbons (Fsp3) is 0.333. The van der Waals surface area contributed by atoms with Crippen molar-refractivity contribution < 1.29 is 19.5 Å². The summed E-state index contributed by atoms with van der Waals surface area (Å²) in [5, 5.41) is 19.8. The Labute approximate surface area is 193 Å². The number of carboxylic acids is 1. The summed E-state index contributed by atoms with van der Waals surface area (Å²) in [6.07, 6.45) is 0.347. The smallest absolute Gasteiger partial charge is 0.320 e. The number of carboxylic acid groups (broad SMARTS) is 1. The van der Waals surface area contributed by atoms with Gasteiger partial charge in [0.15, 0.2) is 11.7 Å². The Morgan fingerprint density at radius 1 is 1.00 bits per heavy atom. The largest absolute Gasteiger partial charge is 0.480 e. The fourth-order valence-corrected chi connectivity index (χ4v) is 3.33. The van der Waals surface area contributed by atoms with E-state index < -0.39 is 36.3 Å². The van der Waals surface area contributed by atoms with Gasteiger partial charge in [-0.15, -0.1) is 0 Å². The minimum absolute atomic E-state index is 0.0171. The number of carbonyl (C=O) groups is 3. The van der Waals surface area contributed by atoms with E-state index in [4.69, 9.17) is 22.0 Å². The monoisotopic (exact) mass is 453 g/mol. The first kappa shape index (κ1) is 25.7. The van der Waals surface area contributed by atoms with Crippen LogP contribution in [-0.2, 0) is 27.3 Å². The third kappa shape index (κ3) is 8.83. The van der Waals surface area contributed by atoms with Crippen LogP contribution in [0.3, 0.4) is 0 Å². The lowest BCUT2D eigenvalue weighted by Crippen LogP contribution is -2.46. The summed E-state index contributed by atoms with van der Waals surface area (Å²) in [6.45, 7) is 0.477. The van der Waals surface area contributed by atoms with Gasteiger partial charge in [-0.1, -0.05) is 60.7 Å². The number of Topliss-reactive ketones (excluding diaryl/α,β-unsaturated/α-hetero) is 1. The standard InChI is InChI=1S/C24H31N5O4/c25-19(23(32)33)12-7-13-29(24(26)27)22(31)15-21(30)20(14-17-8-3-1-4-9-17)28-16-18-10-5-2-6-11-18/h1-6,8-11,19-20,28H,7,12-16,25H2,(H3,26,27)(H,32,33). The van der Waals surface area contributed by atoms with Gasteiger partial charge in [-0.3, -0.25) is 24.7 Å². The van der Waals surface area contributed by atoms with E-state index in [2.05, 4.69) is 5.32 Å². The van der Waals surface area contributed by atoms with Crippen molar-refractivity contribution in [1.29, 1.82) is 5.41 Å². The summed E-state index contributed by atoms with van der Waals surface area (Å²) < 4.78 is 0. The van der Waals surface area contributed by atoms with E-state index >= 15 is 0 Å². The van der Waals surface area contributed by atoms with Gasteiger partial charge in [0.1, 0.15) is 6.04 Å². The predicted molar refractivity (Wildman–Crippen MR) is 125 cm³/mol. The molecule has 0 fully saturated rings. The van der Waals surface area contributed by atoms with Crippen molar-refractivity contribution in [2.45, 2.75) is 44.3 Å². The molecule has 0 saturated heterocycles. The van der Waals surface area contributed by atoms with Crippen LogP contribution >= 0.6 is 0 Å². The predicted octanol–water partition coefficient (Wildman–Crippen LogP) is 1.26. The minimum Gasteiger partial charge on any atom is -0.480 e. The summed E-state index contributed by atoms with van der Waals surface area (Å²) in [7, 11) is 0. The highest BCUT2D eigenvalue weighted by Crippen LogP contribution is 2.09. The molecule has 9 nitrogen and oxygen atoms in total. The molecule has 2 aromatic rings. The second-order valence-corrected chi connectivity index (χ2v) is 7.77. The lowest BCUT2D eigenvalue weighted by atomic mass is 9.99. The molecule has 0 spiro atoms. The van der Waals surface area contributed by atoms with Crippen LogP contribution in [0.2, 0.25) is 0 Å². The van der Waals surface area contributed by atoms with Crippen LogP contribution in [0.25, 0.3) is 0 Å². The lowest BCUT2D eigenvalue weighted by Gasteiger charge is -2.23. The summed E-state index contributed by atoms with van der Waals surface area (Å²) in [4.78, 5) is 37.6. The van der Waals surface area contributed by atoms with Gasteiger partial charge < -0.3 is 21.9 Å². The number of hydrogen-bond donors (Lipinski definition) is 5. The van der Waals surface area contributed by atoms with Crippen molar-refractivity contribution in [1.82, 2.24) is 10.2 Å². The first-order chi connectivity index (χ1) is 15.8. The van der Waals surface area contributed by atoms with E-state index in [1.807, 2.05) is 60.7 Å². The van der Waals surface area contributed by atoms with E-state index in [9.17, 15) is 14.4 Å². The normalized spacial score (nSPS) is 12.5. The number of guanidine groups is 1. The van der Waals surface area contributed by atoms with Crippen LogP contribution in [0.5, 0.6) is 0 Å². The Hall–Kier alpha value is -3.56. The number of rotatable bonds is 13. The molecule has 0 aliphatic heterocycles. The number of aliphatic carboxylic acids is 1. The molecule has 9 heteroatoms. The van der Waals surface area contributed by atoms with Crippen LogP contribution in [0.15, 0.2) is 60.7 Å². The Morgan fingerprint density at radius 2 is 1.58 bits per heavy atom. The van der Waals surface area contributed by atoms with Gasteiger partial charge in [0.05, 0.1) is 12.5 Å². The van der Waals surface area contributed by atoms with E-state index in [1.165, 1.54) is 0 Å². The first-order valence-corrected chi connectivity index (χ1v) is 10.7. The van der Waals surface area contributed by atoms with Crippen LogP contribution in [0.1, 0.15) is 30.4 Å². The van der Waals surface area contributed by atoms with E-state index in [0.29, 0.717) is 13.0 Å². The molecule has 1 amide bonds. The number of amides is 1. The second-order valence-electron chi connectivity index (χ2n) is 7.77. The average molecular weight is 454 g/mol. The third-order valence-corrected chi connectivity index (χ3v) is 5.20. The molecule has 2 aromatic carbocycles. The molecule has 0 bridgehead atoms. The maximum atomic E-state index is 13.1. The molecule has 0 aliphatic carbocycles. The maximum Gasteiger partial charge on any atom is 0.320 e. The number of benzene rings is 2. The Morgan fingerprint density at radius 3 is 2.12 bits per heavy atom. The first-order valence-electron chi connectivity index (χ1n) is 10.7. The van der Waals surface area contributed by atoms with Gasteiger partial charge in [0.2, 0.25) is 5.91 Å². The number of nitrogens with one attached hydrogen (secondary N) is 2. The van der Waals surface area contributed by atoms with E-state index in [1.54, 1.807) is 0 Å². The Kier molecular flexibility index (Phi) is 10.2. The highest BCUT2D eigenvalue weighted by molar-refractivity contribution is 6.06. The van der Waals surface area contributed by atoms with Crippen molar-refractivity contribution in [3.63, 3.8) is 0 Å². The van der Waals surface area contributed by atoms with Gasteiger partial charge in [0, 0.05) is 13.1 Å². The van der Waals surface area contributed by atoms with Crippen molar-refractivity contribution in [2.75, 3.05) is 6.54 Å². The minimum atomic E-state index is -1.14. The van der Waals surface area contributed by atoms with E-state index in [0.717, 1.165) is 16.0 Å². The second kappa shape index (κ2) is 13.1. The third-order valence-electron chi connectivity index (χ3n) is 5.20. The highest BCUT2D eigenvalue weighted by Gasteiger charge is 2.25. The zero-order valence-electron chi connectivity index (χ0n) is 18.4. The van der Waals surface area contributed by atoms with Crippen LogP contribution < -0.4 is 16.8 Å². The summed E-state index contributed by atoms with van der Waals surface area (Å²) >= 11 is 0. The maximum absolute atomic E-state index is 13.1. The molecule has 176 valence electrons. The number of hydrogen-bond acceptors (Lipinski definition) is 6. The van der Waals surface area contributed by atoms with Gasteiger partial charge >= 0.3 is 5.97 Å². The molecule has 7 N–H and O–H groups in total. The van der Waals surface area contributed by atoms with Crippen molar-refractivity contribution >= 4 is 23.6 Å². The fourth-order valence-electron chi connectivity index (χ4n) is 3.33. The van der Waals surface area contributed by atoms with Gasteiger partial charge in [-0.05, 0) is 30.4 Å². The zero-order chi connectivity index (χ0) is 24.2. The number of nitrogens with two attached hydrogens (primary N) is 2. The van der Waals surface area contributed by atoms with Gasteiger partial charge in [-0.2, -0.15) is 0 Å². The quantitative estimate of drug-likeness (QED) is 0.173. The molecule has 2 unspecified atom stereocenters. The number of carbonyl (C=O) groups excluding carboxylic acids is 2. The SMILES string of the molecule is N=C(N)N(CCCC(N)C(=O)O)C(=O)CC(=O)C(Cc1ccccc1)NCc1ccccc1. The Bertz CT molecular complexity index is 936. The van der Waals surface area contributed by atoms with Crippen molar-refractivity contribution in [3.8, 4) is 0 Å². The highest BCUT2D eigenvalue weighted by atomic mass is 16.4. The molecule has 33 heavy (non-hydrogen) atoms. The molecule has 2 rings (SSSR count). The summed E-state index contributed by atoms with van der Waals surface area (Å²) in [5.41, 5.74) is 13.0. The molecule has 0 aromatic heterocycles. The van der Waals surface area contributed by atoms with Crippen molar-refractivity contribution in [3.05, 3.63) is 71.8 Å². The topological polar surface area (TPSA) is 163 Å². The lowest BCUT2D eigenvalue weighted by molar-refractivity contribution is -0.138. The molecule has 2 atom stereocenters. The molecular weight excluding hydrogens is 422 g/mol. The zero-order valence-corrected chi connectivity index (χ0v) is 18.4. The molecule has 0 heterocycles. The van der Waals surface area contributed by atoms with E-state index in [-0.39, 0.29) is 25.2 Å². The van der Waals surface area contributed by atoms with Gasteiger partial charge in [-0.25, -0.2) is 0 Å². The molecule has 0 saturated carbocycles. The van der Waals surface area contributed by atoms with Gasteiger partial charge in [0.25, 0.3) is 0 Å². The summed E-state index contributed by atoms with van der Waals surface area (Å²) in [5.74, 6) is -2.54. The average Bonchev–Trinajstić information content (AvgIpc) is 2.80. The van der Waals surface area contributed by atoms with Crippen LogP contribution in [0, 0.1) is 5.41 Å². The molecule has 0 aliphatic rings. The van der Waals surface area contributed by atoms with Crippen LogP contribution in [-0.4, -0.2) is 52.3 Å².